The summed E-state index contributed by atoms with van der Waals surface area (Å²) in [7, 11) is 0. The van der Waals surface area contributed by atoms with Gasteiger partial charge >= 0.3 is 0 Å². The zero-order valence-electron chi connectivity index (χ0n) is 20.8. The molecule has 0 unspecified atom stereocenters. The molecule has 2 fully saturated rings. The number of nitrogens with one attached hydrogen (secondary N) is 1. The summed E-state index contributed by atoms with van der Waals surface area (Å²) in [5.41, 5.74) is 3.47. The summed E-state index contributed by atoms with van der Waals surface area (Å²) in [6.45, 7) is 8.10. The number of morpholine rings is 1. The molecule has 37 heavy (non-hydrogen) atoms. The molecule has 0 bridgehead atoms. The first kappa shape index (κ1) is 24.0. The molecule has 7 nitrogen and oxygen atoms in total. The Kier molecular flexibility index (Phi) is 7.08. The van der Waals surface area contributed by atoms with E-state index in [1.807, 2.05) is 12.1 Å². The summed E-state index contributed by atoms with van der Waals surface area (Å²) in [5, 5.41) is 15.8. The van der Waals surface area contributed by atoms with Crippen LogP contribution in [0.25, 0.3) is 10.8 Å². The first-order chi connectivity index (χ1) is 18.2. The molecule has 0 saturated carbocycles. The molecule has 2 aliphatic heterocycles. The second-order valence-corrected chi connectivity index (χ2v) is 10.0. The van der Waals surface area contributed by atoms with Gasteiger partial charge in [-0.25, -0.2) is 0 Å². The highest BCUT2D eigenvalue weighted by atomic mass is 35.5. The van der Waals surface area contributed by atoms with Gasteiger partial charge in [0, 0.05) is 73.0 Å². The number of halogens is 1. The van der Waals surface area contributed by atoms with E-state index in [2.05, 4.69) is 85.8 Å². The zero-order chi connectivity index (χ0) is 25.0. The van der Waals surface area contributed by atoms with Gasteiger partial charge in [0.1, 0.15) is 0 Å². The number of piperazine rings is 1. The second kappa shape index (κ2) is 10.9. The molecule has 0 spiro atoms. The number of rotatable bonds is 6. The Bertz CT molecular complexity index is 1350. The van der Waals surface area contributed by atoms with Crippen molar-refractivity contribution < 1.29 is 4.74 Å². The van der Waals surface area contributed by atoms with Crippen LogP contribution in [-0.4, -0.2) is 67.6 Å². The fraction of sp³-hybridized carbons (Fsp3) is 0.310. The van der Waals surface area contributed by atoms with Crippen LogP contribution >= 0.6 is 11.6 Å². The maximum atomic E-state index is 6.17. The maximum Gasteiger partial charge on any atom is 0.161 e. The lowest BCUT2D eigenvalue weighted by Crippen LogP contribution is -2.46. The SMILES string of the molecule is Clc1cccc(CN2CCN(c3nnc(Nc4ccc(N5CCOCC5)cc4)c4ccccc34)CC2)c1. The van der Waals surface area contributed by atoms with Gasteiger partial charge in [-0.15, -0.1) is 10.2 Å². The van der Waals surface area contributed by atoms with Gasteiger partial charge in [0.15, 0.2) is 11.6 Å². The lowest BCUT2D eigenvalue weighted by atomic mass is 10.1. The van der Waals surface area contributed by atoms with Crippen LogP contribution in [0, 0.1) is 0 Å². The molecule has 190 valence electrons. The summed E-state index contributed by atoms with van der Waals surface area (Å²) in [6.07, 6.45) is 0. The van der Waals surface area contributed by atoms with Gasteiger partial charge in [-0.1, -0.05) is 48.0 Å². The first-order valence-electron chi connectivity index (χ1n) is 12.9. The molecule has 0 amide bonds. The fourth-order valence-corrected chi connectivity index (χ4v) is 5.35. The predicted octanol–water partition coefficient (Wildman–Crippen LogP) is 5.19. The molecule has 4 aromatic rings. The van der Waals surface area contributed by atoms with E-state index in [1.54, 1.807) is 0 Å². The van der Waals surface area contributed by atoms with E-state index in [0.29, 0.717) is 0 Å². The summed E-state index contributed by atoms with van der Waals surface area (Å²) >= 11 is 6.17. The topological polar surface area (TPSA) is 56.8 Å². The van der Waals surface area contributed by atoms with Gasteiger partial charge < -0.3 is 19.9 Å². The molecule has 1 aromatic heterocycles. The van der Waals surface area contributed by atoms with Gasteiger partial charge in [0.25, 0.3) is 0 Å². The Morgan fingerprint density at radius 1 is 0.757 bits per heavy atom. The molecule has 3 heterocycles. The Balaban J connectivity index is 1.16. The minimum absolute atomic E-state index is 0.776. The third-order valence-electron chi connectivity index (χ3n) is 7.14. The molecule has 8 heteroatoms. The number of hydrogen-bond acceptors (Lipinski definition) is 7. The minimum atomic E-state index is 0.776. The number of ether oxygens (including phenoxy) is 1. The second-order valence-electron chi connectivity index (χ2n) is 9.58. The standard InChI is InChI=1S/C29H31ClN6O/c30-23-5-3-4-22(20-23)21-34-12-14-36(15-13-34)29-27-7-2-1-6-26(27)28(32-33-29)31-24-8-10-25(11-9-24)35-16-18-37-19-17-35/h1-11,20H,12-19,21H2,(H,31,32). The van der Waals surface area contributed by atoms with E-state index in [0.717, 1.165) is 92.1 Å². The van der Waals surface area contributed by atoms with Gasteiger partial charge in [-0.3, -0.25) is 4.90 Å². The molecule has 2 aliphatic rings. The summed E-state index contributed by atoms with van der Waals surface area (Å²) < 4.78 is 5.47. The van der Waals surface area contributed by atoms with E-state index in [-0.39, 0.29) is 0 Å². The van der Waals surface area contributed by atoms with Crippen LogP contribution in [0.5, 0.6) is 0 Å². The monoisotopic (exact) mass is 514 g/mol. The Hall–Kier alpha value is -3.39. The van der Waals surface area contributed by atoms with Gasteiger partial charge in [0.05, 0.1) is 13.2 Å². The number of hydrogen-bond donors (Lipinski definition) is 1. The van der Waals surface area contributed by atoms with Crippen molar-refractivity contribution in [1.82, 2.24) is 15.1 Å². The molecule has 1 N–H and O–H groups in total. The molecule has 6 rings (SSSR count). The minimum Gasteiger partial charge on any atom is -0.378 e. The van der Waals surface area contributed by atoms with Crippen molar-refractivity contribution in [3.8, 4) is 0 Å². The number of nitrogens with zero attached hydrogens (tertiary/aromatic N) is 5. The molecule has 0 radical (unpaired) electrons. The quantitative estimate of drug-likeness (QED) is 0.380. The van der Waals surface area contributed by atoms with Crippen LogP contribution in [0.2, 0.25) is 5.02 Å². The molecule has 0 atom stereocenters. The van der Waals surface area contributed by atoms with Crippen LogP contribution in [0.1, 0.15) is 5.56 Å². The summed E-state index contributed by atoms with van der Waals surface area (Å²) in [6, 6.07) is 25.0. The van der Waals surface area contributed by atoms with Crippen molar-refractivity contribution in [2.24, 2.45) is 0 Å². The number of fused-ring (bicyclic) bond motifs is 1. The van der Waals surface area contributed by atoms with Gasteiger partial charge in [-0.05, 0) is 42.0 Å². The van der Waals surface area contributed by atoms with Crippen molar-refractivity contribution in [2.75, 3.05) is 67.6 Å². The van der Waals surface area contributed by atoms with Crippen molar-refractivity contribution >= 4 is 45.4 Å². The van der Waals surface area contributed by atoms with Gasteiger partial charge in [-0.2, -0.15) is 0 Å². The smallest absolute Gasteiger partial charge is 0.161 e. The van der Waals surface area contributed by atoms with Crippen molar-refractivity contribution in [3.05, 3.63) is 83.4 Å². The van der Waals surface area contributed by atoms with Crippen molar-refractivity contribution in [2.45, 2.75) is 6.54 Å². The van der Waals surface area contributed by atoms with Gasteiger partial charge in [0.2, 0.25) is 0 Å². The lowest BCUT2D eigenvalue weighted by Gasteiger charge is -2.35. The third kappa shape index (κ3) is 5.49. The van der Waals surface area contributed by atoms with Crippen molar-refractivity contribution in [3.63, 3.8) is 0 Å². The normalized spacial score (nSPS) is 16.8. The predicted molar refractivity (Wildman–Crippen MR) is 151 cm³/mol. The van der Waals surface area contributed by atoms with Crippen molar-refractivity contribution in [1.29, 1.82) is 0 Å². The van der Waals surface area contributed by atoms with E-state index in [9.17, 15) is 0 Å². The zero-order valence-corrected chi connectivity index (χ0v) is 21.6. The van der Waals surface area contributed by atoms with Crippen LogP contribution in [0.4, 0.5) is 23.0 Å². The molecular formula is C29H31ClN6O. The summed E-state index contributed by atoms with van der Waals surface area (Å²) in [4.78, 5) is 7.17. The average Bonchev–Trinajstić information content (AvgIpc) is 2.95. The third-order valence-corrected chi connectivity index (χ3v) is 7.38. The number of anilines is 4. The molecular weight excluding hydrogens is 484 g/mol. The molecule has 3 aromatic carbocycles. The molecule has 2 saturated heterocycles. The van der Waals surface area contributed by atoms with E-state index >= 15 is 0 Å². The lowest BCUT2D eigenvalue weighted by molar-refractivity contribution is 0.122. The Morgan fingerprint density at radius 3 is 2.27 bits per heavy atom. The average molecular weight is 515 g/mol. The van der Waals surface area contributed by atoms with Crippen LogP contribution in [0.3, 0.4) is 0 Å². The van der Waals surface area contributed by atoms with E-state index in [1.165, 1.54) is 11.3 Å². The fourth-order valence-electron chi connectivity index (χ4n) is 5.14. The van der Waals surface area contributed by atoms with E-state index in [4.69, 9.17) is 21.4 Å². The highest BCUT2D eigenvalue weighted by Crippen LogP contribution is 2.31. The maximum absolute atomic E-state index is 6.17. The molecule has 0 aliphatic carbocycles. The van der Waals surface area contributed by atoms with Crippen LogP contribution in [0.15, 0.2) is 72.8 Å². The largest absolute Gasteiger partial charge is 0.378 e. The Labute approximate surface area is 222 Å². The number of aromatic nitrogens is 2. The van der Waals surface area contributed by atoms with Crippen LogP contribution < -0.4 is 15.1 Å². The Morgan fingerprint density at radius 2 is 1.51 bits per heavy atom. The number of benzene rings is 3. The summed E-state index contributed by atoms with van der Waals surface area (Å²) in [5.74, 6) is 1.73. The highest BCUT2D eigenvalue weighted by molar-refractivity contribution is 6.30. The highest BCUT2D eigenvalue weighted by Gasteiger charge is 2.21. The van der Waals surface area contributed by atoms with E-state index < -0.39 is 0 Å². The first-order valence-corrected chi connectivity index (χ1v) is 13.3. The van der Waals surface area contributed by atoms with Crippen LogP contribution in [-0.2, 0) is 11.3 Å².